The number of carbonyl (C=O) groups excluding carboxylic acids is 4. The summed E-state index contributed by atoms with van der Waals surface area (Å²) < 4.78 is 72.8. The molecule has 0 aromatic carbocycles. The number of hydrogen-bond donors (Lipinski definition) is 4. The van der Waals surface area contributed by atoms with Crippen molar-refractivity contribution in [3.8, 4) is 0 Å². The molecule has 0 fully saturated rings. The molecular formula is C39H48K2N6O11S2. The number of carbonyl (C=O) groups is 4. The van der Waals surface area contributed by atoms with E-state index in [4.69, 9.17) is 14.7 Å². The van der Waals surface area contributed by atoms with Crippen molar-refractivity contribution in [3.63, 3.8) is 0 Å². The van der Waals surface area contributed by atoms with Gasteiger partial charge in [-0.3, -0.25) is 29.1 Å². The Kier molecular flexibility index (Phi) is 19.1. The average Bonchev–Trinajstić information content (AvgIpc) is 3.81. The first-order valence-corrected chi connectivity index (χ1v) is 22.1. The quantitative estimate of drug-likeness (QED) is 0.0578. The number of H-pyrrole nitrogens is 2. The second-order valence-electron chi connectivity index (χ2n) is 14.8. The van der Waals surface area contributed by atoms with Crippen molar-refractivity contribution in [2.75, 3.05) is 31.7 Å². The summed E-state index contributed by atoms with van der Waals surface area (Å²) in [5.74, 6) is -4.85. The molecule has 0 radical (unpaired) electrons. The number of nitrogens with one attached hydrogen (secondary N) is 4. The van der Waals surface area contributed by atoms with Gasteiger partial charge in [-0.25, -0.2) is 16.8 Å². The van der Waals surface area contributed by atoms with E-state index in [-0.39, 0.29) is 156 Å². The molecule has 314 valence electrons. The Balaban J connectivity index is 0.00000480. The molecule has 5 rings (SSSR count). The van der Waals surface area contributed by atoms with Crippen LogP contribution in [0.3, 0.4) is 0 Å². The molecule has 2 aliphatic heterocycles. The van der Waals surface area contributed by atoms with Crippen molar-refractivity contribution in [2.45, 2.75) is 90.9 Å². The number of esters is 1. The van der Waals surface area contributed by atoms with Crippen LogP contribution >= 0.6 is 0 Å². The first-order chi connectivity index (χ1) is 27.1. The van der Waals surface area contributed by atoms with Crippen LogP contribution in [0.4, 0.5) is 0 Å². The number of nitrogens with zero attached hydrogens (tertiary/aromatic N) is 2. The number of fused-ring (bicyclic) bond motifs is 8. The van der Waals surface area contributed by atoms with Gasteiger partial charge in [0.2, 0.25) is 5.91 Å². The van der Waals surface area contributed by atoms with Crippen molar-refractivity contribution in [1.82, 2.24) is 30.6 Å². The van der Waals surface area contributed by atoms with Crippen LogP contribution < -0.4 is 113 Å². The van der Waals surface area contributed by atoms with Gasteiger partial charge in [0.25, 0.3) is 5.91 Å². The average molecular weight is 919 g/mol. The monoisotopic (exact) mass is 918 g/mol. The number of aryl methyl sites for hydroxylation is 2. The molecule has 4 atom stereocenters. The summed E-state index contributed by atoms with van der Waals surface area (Å²) in [4.78, 5) is 70.2. The van der Waals surface area contributed by atoms with Gasteiger partial charge in [-0.05, 0) is 62.9 Å². The number of methoxy groups -OCH3 is 1. The Morgan fingerprint density at radius 3 is 1.90 bits per heavy atom. The van der Waals surface area contributed by atoms with Gasteiger partial charge in [-0.1, -0.05) is 20.8 Å². The zero-order valence-electron chi connectivity index (χ0n) is 35.4. The predicted octanol–water partition coefficient (Wildman–Crippen LogP) is -2.24. The smallest absolute Gasteiger partial charge is 0.748 e. The molecule has 21 heteroatoms. The number of ketones is 1. The Hall–Kier alpha value is -1.71. The van der Waals surface area contributed by atoms with Gasteiger partial charge < -0.3 is 34.4 Å². The fourth-order valence-corrected chi connectivity index (χ4v) is 8.62. The Morgan fingerprint density at radius 2 is 1.32 bits per heavy atom. The minimum absolute atomic E-state index is 0. The van der Waals surface area contributed by atoms with Gasteiger partial charge in [-0.2, -0.15) is 0 Å². The van der Waals surface area contributed by atoms with Gasteiger partial charge in [0.05, 0.1) is 67.6 Å². The molecule has 3 aromatic heterocycles. The SMILES string of the molecule is CC[C@H]1c2cc3[nH]c(c(CC(=O)OC)c4nc(cc5[nH]c(cc(n2)[C@@H]1C)c(C(C)=O)c5C)[C@@H](C)[C@@H]4CCC(=O)NCCS(=O)(=O)[O-])c(C(=O)NCCS(=O)(=O)[O-])c3C.[K+].[K+]. The van der Waals surface area contributed by atoms with Crippen molar-refractivity contribution in [3.05, 3.63) is 68.8 Å². The molecular weight excluding hydrogens is 871 g/mol. The molecule has 0 saturated heterocycles. The summed E-state index contributed by atoms with van der Waals surface area (Å²) in [7, 11) is -8.03. The molecule has 0 spiro atoms. The van der Waals surface area contributed by atoms with Crippen molar-refractivity contribution in [2.24, 2.45) is 0 Å². The molecule has 17 nitrogen and oxygen atoms in total. The summed E-state index contributed by atoms with van der Waals surface area (Å²) in [6.07, 6.45) is 0.312. The van der Waals surface area contributed by atoms with E-state index < -0.39 is 74.3 Å². The number of Topliss-reactive ketones (excluding diaryl/α,β-unsaturated/α-hetero) is 1. The number of ether oxygens (including phenoxy) is 1. The Bertz CT molecular complexity index is 2560. The minimum Gasteiger partial charge on any atom is -0.748 e. The molecule has 8 bridgehead atoms. The molecule has 4 N–H and O–H groups in total. The van der Waals surface area contributed by atoms with Crippen molar-refractivity contribution >= 4 is 65.9 Å². The van der Waals surface area contributed by atoms with Crippen LogP contribution in [-0.2, 0) is 41.0 Å². The zero-order chi connectivity index (χ0) is 42.9. The number of hydrogen-bond acceptors (Lipinski definition) is 13. The standard InChI is InChI=1S/C39H50N6O11S2.2K/c1-8-24-19(2)27-18-32-35(23(6)46)21(4)29(43-32)16-28-20(3)25(9-10-33(47)40-11-13-57(50,51)52)37(44-28)26(15-34(48)56-7)38-36(39(49)41-12-14-58(53,54)55)22(5)30(45-38)17-31(24)42-27;;/h16-20,24-25,43,45H,8-15H2,1-7H3,(H,40,47)(H,41,49)(H,50,51,52)(H,53,54,55);;/q;2*+1/p-2/t19-,20+,24-,25+;;/m1../s1. The molecule has 2 aliphatic rings. The largest absolute Gasteiger partial charge is 1.00 e. The second kappa shape index (κ2) is 21.8. The first kappa shape index (κ1) is 52.6. The van der Waals surface area contributed by atoms with E-state index in [0.29, 0.717) is 56.7 Å². The van der Waals surface area contributed by atoms with E-state index in [1.807, 2.05) is 39.8 Å². The maximum absolute atomic E-state index is 14.1. The van der Waals surface area contributed by atoms with Gasteiger partial charge in [0.1, 0.15) is 0 Å². The van der Waals surface area contributed by atoms with Crippen LogP contribution in [0.5, 0.6) is 0 Å². The number of aromatic nitrogens is 4. The third-order valence-corrected chi connectivity index (χ3v) is 12.4. The molecule has 0 unspecified atom stereocenters. The number of amides is 2. The molecule has 2 amide bonds. The summed E-state index contributed by atoms with van der Waals surface area (Å²) >= 11 is 0. The van der Waals surface area contributed by atoms with E-state index in [2.05, 4.69) is 20.6 Å². The van der Waals surface area contributed by atoms with E-state index >= 15 is 0 Å². The molecule has 3 aromatic rings. The maximum Gasteiger partial charge on any atom is 1.00 e. The van der Waals surface area contributed by atoms with Crippen LogP contribution in [0.25, 0.3) is 22.1 Å². The van der Waals surface area contributed by atoms with Gasteiger partial charge in [-0.15, -0.1) is 0 Å². The Labute approximate surface area is 434 Å². The van der Waals surface area contributed by atoms with Crippen LogP contribution in [0.1, 0.15) is 131 Å². The third kappa shape index (κ3) is 12.5. The molecule has 0 aliphatic carbocycles. The second-order valence-corrected chi connectivity index (χ2v) is 17.9. The van der Waals surface area contributed by atoms with Gasteiger partial charge >= 0.3 is 109 Å². The van der Waals surface area contributed by atoms with Crippen LogP contribution in [0, 0.1) is 13.8 Å². The predicted molar refractivity (Wildman–Crippen MR) is 213 cm³/mol. The summed E-state index contributed by atoms with van der Waals surface area (Å²) in [5.41, 5.74) is 6.01. The maximum atomic E-state index is 14.1. The number of aromatic amines is 2. The fourth-order valence-electron chi connectivity index (χ4n) is 7.92. The zero-order valence-corrected chi connectivity index (χ0v) is 43.3. The summed E-state index contributed by atoms with van der Waals surface area (Å²) in [6.45, 7) is 10.1. The number of rotatable bonds is 14. The van der Waals surface area contributed by atoms with E-state index in [1.165, 1.54) is 14.0 Å². The molecule has 60 heavy (non-hydrogen) atoms. The van der Waals surface area contributed by atoms with E-state index in [0.717, 1.165) is 5.69 Å². The fraction of sp³-hybridized carbons (Fsp3) is 0.487. The van der Waals surface area contributed by atoms with Crippen LogP contribution in [-0.4, -0.2) is 101 Å². The third-order valence-electron chi connectivity index (χ3n) is 11.0. The molecule has 0 saturated carbocycles. The van der Waals surface area contributed by atoms with Gasteiger partial charge in [0.15, 0.2) is 5.78 Å². The van der Waals surface area contributed by atoms with Crippen LogP contribution in [0.2, 0.25) is 0 Å². The van der Waals surface area contributed by atoms with Crippen molar-refractivity contribution in [1.29, 1.82) is 0 Å². The normalized spacial score (nSPS) is 17.6. The van der Waals surface area contributed by atoms with Crippen molar-refractivity contribution < 1.29 is 153 Å². The van der Waals surface area contributed by atoms with Gasteiger partial charge in [0, 0.05) is 82.4 Å². The molecule has 5 heterocycles. The first-order valence-electron chi connectivity index (χ1n) is 18.9. The van der Waals surface area contributed by atoms with E-state index in [9.17, 15) is 45.1 Å². The Morgan fingerprint density at radius 1 is 0.783 bits per heavy atom. The summed E-state index contributed by atoms with van der Waals surface area (Å²) in [5, 5.41) is 4.98. The minimum atomic E-state index is -4.67. The topological polar surface area (TPSA) is 273 Å². The summed E-state index contributed by atoms with van der Waals surface area (Å²) in [6, 6.07) is 5.49. The van der Waals surface area contributed by atoms with E-state index in [1.54, 1.807) is 13.0 Å². The van der Waals surface area contributed by atoms with Crippen LogP contribution in [0.15, 0.2) is 18.2 Å².